The van der Waals surface area contributed by atoms with Crippen LogP contribution in [0, 0.1) is 0 Å². The number of carbonyl (C=O) groups is 1. The SMILES string of the molecule is C[C@]1(C(=O)OCc2ccccc2)CCC(F)(F)CO1. The van der Waals surface area contributed by atoms with Gasteiger partial charge in [0.1, 0.15) is 13.2 Å². The number of halogens is 2. The molecule has 1 aromatic rings. The van der Waals surface area contributed by atoms with Crippen LogP contribution < -0.4 is 0 Å². The largest absolute Gasteiger partial charge is 0.459 e. The molecule has 2 rings (SSSR count). The molecule has 1 aliphatic heterocycles. The Morgan fingerprint density at radius 1 is 1.32 bits per heavy atom. The van der Waals surface area contributed by atoms with E-state index in [0.29, 0.717) is 0 Å². The van der Waals surface area contributed by atoms with E-state index >= 15 is 0 Å². The van der Waals surface area contributed by atoms with Gasteiger partial charge in [-0.15, -0.1) is 0 Å². The van der Waals surface area contributed by atoms with Gasteiger partial charge in [0.05, 0.1) is 0 Å². The summed E-state index contributed by atoms with van der Waals surface area (Å²) < 4.78 is 36.1. The van der Waals surface area contributed by atoms with Crippen molar-refractivity contribution in [2.24, 2.45) is 0 Å². The Morgan fingerprint density at radius 3 is 2.58 bits per heavy atom. The van der Waals surface area contributed by atoms with Crippen molar-refractivity contribution in [3.8, 4) is 0 Å². The van der Waals surface area contributed by atoms with Crippen molar-refractivity contribution in [2.45, 2.75) is 37.9 Å². The van der Waals surface area contributed by atoms with E-state index in [1.54, 1.807) is 0 Å². The van der Waals surface area contributed by atoms with Crippen LogP contribution in [0.5, 0.6) is 0 Å². The molecule has 1 atom stereocenters. The number of benzene rings is 1. The Hall–Kier alpha value is -1.49. The van der Waals surface area contributed by atoms with Gasteiger partial charge in [-0.05, 0) is 18.9 Å². The van der Waals surface area contributed by atoms with Gasteiger partial charge in [-0.3, -0.25) is 0 Å². The molecule has 0 aromatic heterocycles. The maximum atomic E-state index is 13.0. The molecule has 19 heavy (non-hydrogen) atoms. The number of carbonyl (C=O) groups excluding carboxylic acids is 1. The first-order valence-corrected chi connectivity index (χ1v) is 6.14. The summed E-state index contributed by atoms with van der Waals surface area (Å²) in [5.41, 5.74) is -0.420. The molecule has 0 N–H and O–H groups in total. The average Bonchev–Trinajstić information content (AvgIpc) is 2.41. The van der Waals surface area contributed by atoms with Crippen molar-refractivity contribution < 1.29 is 23.0 Å². The van der Waals surface area contributed by atoms with Gasteiger partial charge in [0.25, 0.3) is 5.92 Å². The van der Waals surface area contributed by atoms with Crippen molar-refractivity contribution in [1.29, 1.82) is 0 Å². The van der Waals surface area contributed by atoms with Gasteiger partial charge in [-0.1, -0.05) is 30.3 Å². The minimum Gasteiger partial charge on any atom is -0.459 e. The molecule has 1 saturated heterocycles. The first-order chi connectivity index (χ1) is 8.91. The van der Waals surface area contributed by atoms with Crippen LogP contribution in [-0.2, 0) is 20.9 Å². The lowest BCUT2D eigenvalue weighted by Crippen LogP contribution is -2.48. The van der Waals surface area contributed by atoms with Crippen LogP contribution in [0.15, 0.2) is 30.3 Å². The Bertz CT molecular complexity index is 435. The van der Waals surface area contributed by atoms with Crippen molar-refractivity contribution in [3.63, 3.8) is 0 Å². The van der Waals surface area contributed by atoms with E-state index in [2.05, 4.69) is 0 Å². The standard InChI is InChI=1S/C14H16F2O3/c1-13(7-8-14(15,16)10-19-13)12(17)18-9-11-5-3-2-4-6-11/h2-6H,7-10H2,1H3/t13-/m1/s1. The predicted molar refractivity (Wildman–Crippen MR) is 64.8 cm³/mol. The third kappa shape index (κ3) is 3.50. The molecule has 1 aromatic carbocycles. The molecule has 0 bridgehead atoms. The van der Waals surface area contributed by atoms with Gasteiger partial charge in [-0.25, -0.2) is 13.6 Å². The minimum absolute atomic E-state index is 0.0341. The van der Waals surface area contributed by atoms with Crippen molar-refractivity contribution in [2.75, 3.05) is 6.61 Å². The lowest BCUT2D eigenvalue weighted by atomic mass is 9.94. The number of esters is 1. The first-order valence-electron chi connectivity index (χ1n) is 6.14. The molecule has 0 aliphatic carbocycles. The molecule has 1 heterocycles. The first kappa shape index (κ1) is 13.9. The molecule has 1 aliphatic rings. The fourth-order valence-corrected chi connectivity index (χ4v) is 1.87. The second-order valence-electron chi connectivity index (χ2n) is 4.94. The summed E-state index contributed by atoms with van der Waals surface area (Å²) in [4.78, 5) is 11.9. The van der Waals surface area contributed by atoms with Crippen molar-refractivity contribution in [3.05, 3.63) is 35.9 Å². The third-order valence-electron chi connectivity index (χ3n) is 3.21. The van der Waals surface area contributed by atoms with E-state index in [1.165, 1.54) is 6.92 Å². The quantitative estimate of drug-likeness (QED) is 0.792. The van der Waals surface area contributed by atoms with E-state index in [4.69, 9.17) is 9.47 Å². The van der Waals surface area contributed by atoms with E-state index < -0.39 is 24.1 Å². The number of rotatable bonds is 3. The molecule has 3 nitrogen and oxygen atoms in total. The maximum Gasteiger partial charge on any atom is 0.338 e. The van der Waals surface area contributed by atoms with Crippen molar-refractivity contribution in [1.82, 2.24) is 0 Å². The van der Waals surface area contributed by atoms with Crippen LogP contribution in [0.1, 0.15) is 25.3 Å². The predicted octanol–water partition coefficient (Wildman–Crippen LogP) is 2.93. The lowest BCUT2D eigenvalue weighted by Gasteiger charge is -2.35. The minimum atomic E-state index is -2.85. The molecule has 1 fully saturated rings. The number of alkyl halides is 2. The molecule has 0 saturated carbocycles. The third-order valence-corrected chi connectivity index (χ3v) is 3.21. The fourth-order valence-electron chi connectivity index (χ4n) is 1.87. The van der Waals surface area contributed by atoms with Crippen LogP contribution in [0.2, 0.25) is 0 Å². The Morgan fingerprint density at radius 2 is 2.00 bits per heavy atom. The molecular weight excluding hydrogens is 254 g/mol. The normalized spacial score (nSPS) is 25.8. The number of ether oxygens (including phenoxy) is 2. The van der Waals surface area contributed by atoms with Crippen LogP contribution in [-0.4, -0.2) is 24.1 Å². The molecule has 0 radical (unpaired) electrons. The lowest BCUT2D eigenvalue weighted by molar-refractivity contribution is -0.206. The Balaban J connectivity index is 1.90. The molecule has 104 valence electrons. The second-order valence-corrected chi connectivity index (χ2v) is 4.94. The summed E-state index contributed by atoms with van der Waals surface area (Å²) >= 11 is 0. The highest BCUT2D eigenvalue weighted by Gasteiger charge is 2.46. The zero-order chi connectivity index (χ0) is 13.9. The second kappa shape index (κ2) is 5.25. The van der Waals surface area contributed by atoms with Crippen LogP contribution >= 0.6 is 0 Å². The van der Waals surface area contributed by atoms with Gasteiger partial charge in [0.2, 0.25) is 0 Å². The van der Waals surface area contributed by atoms with Gasteiger partial charge >= 0.3 is 5.97 Å². The summed E-state index contributed by atoms with van der Waals surface area (Å²) in [5.74, 6) is -3.44. The Kier molecular flexibility index (Phi) is 3.85. The monoisotopic (exact) mass is 270 g/mol. The zero-order valence-corrected chi connectivity index (χ0v) is 10.7. The average molecular weight is 270 g/mol. The topological polar surface area (TPSA) is 35.5 Å². The number of hydrogen-bond acceptors (Lipinski definition) is 3. The summed E-state index contributed by atoms with van der Waals surface area (Å²) in [6.07, 6.45) is -0.391. The van der Waals surface area contributed by atoms with Gasteiger partial charge in [0.15, 0.2) is 5.60 Å². The van der Waals surface area contributed by atoms with Crippen LogP contribution in [0.3, 0.4) is 0 Å². The van der Waals surface area contributed by atoms with E-state index in [0.717, 1.165) is 5.56 Å². The van der Waals surface area contributed by atoms with Crippen LogP contribution in [0.4, 0.5) is 8.78 Å². The summed E-state index contributed by atoms with van der Waals surface area (Å²) in [5, 5.41) is 0. The van der Waals surface area contributed by atoms with Crippen molar-refractivity contribution >= 4 is 5.97 Å². The zero-order valence-electron chi connectivity index (χ0n) is 10.7. The summed E-state index contributed by atoms with van der Waals surface area (Å²) in [7, 11) is 0. The van der Waals surface area contributed by atoms with E-state index in [1.807, 2.05) is 30.3 Å². The Labute approximate surface area is 110 Å². The molecular formula is C14H16F2O3. The number of hydrogen-bond donors (Lipinski definition) is 0. The molecule has 0 unspecified atom stereocenters. The smallest absolute Gasteiger partial charge is 0.338 e. The van der Waals surface area contributed by atoms with E-state index in [9.17, 15) is 13.6 Å². The maximum absolute atomic E-state index is 13.0. The van der Waals surface area contributed by atoms with Crippen LogP contribution in [0.25, 0.3) is 0 Å². The fraction of sp³-hybridized carbons (Fsp3) is 0.500. The molecule has 5 heteroatoms. The van der Waals surface area contributed by atoms with E-state index in [-0.39, 0.29) is 19.4 Å². The van der Waals surface area contributed by atoms with Gasteiger partial charge < -0.3 is 9.47 Å². The highest BCUT2D eigenvalue weighted by molar-refractivity contribution is 5.79. The highest BCUT2D eigenvalue weighted by atomic mass is 19.3. The molecule has 0 amide bonds. The summed E-state index contributed by atoms with van der Waals surface area (Å²) in [6.45, 7) is 0.883. The van der Waals surface area contributed by atoms with Gasteiger partial charge in [-0.2, -0.15) is 0 Å². The van der Waals surface area contributed by atoms with Gasteiger partial charge in [0, 0.05) is 6.42 Å². The highest BCUT2D eigenvalue weighted by Crippen LogP contribution is 2.34. The summed E-state index contributed by atoms with van der Waals surface area (Å²) in [6, 6.07) is 9.18. The molecule has 0 spiro atoms.